The average Bonchev–Trinajstić information content (AvgIpc) is 2.85. The first-order valence-corrected chi connectivity index (χ1v) is 6.72. The van der Waals surface area contributed by atoms with Gasteiger partial charge < -0.3 is 4.55 Å². The Labute approximate surface area is 124 Å². The van der Waals surface area contributed by atoms with Crippen LogP contribution in [0.25, 0.3) is 11.4 Å². The quantitative estimate of drug-likeness (QED) is 0.584. The van der Waals surface area contributed by atoms with E-state index in [2.05, 4.69) is 15.4 Å². The minimum atomic E-state index is -2.74. The summed E-state index contributed by atoms with van der Waals surface area (Å²) in [6.07, 6.45) is 0. The second-order valence-electron chi connectivity index (χ2n) is 3.71. The topological polar surface area (TPSA) is 125 Å². The second-order valence-corrected chi connectivity index (χ2v) is 4.79. The van der Waals surface area contributed by atoms with Gasteiger partial charge >= 0.3 is 0 Å². The molecule has 0 aliphatic carbocycles. The Hall–Kier alpha value is -1.95. The van der Waals surface area contributed by atoms with Gasteiger partial charge in [0, 0.05) is 16.8 Å². The molecule has 1 amide bonds. The standard InChI is InChI=1S/C9H8ClFN6O3S/c1-17-14-8(12-15-17)4-2-5(7(11)6(10)3-4)9(18)13-16-21(19)20/h2-3,16H,1H3,(H,13,18)(H,19,20)/p-1. The molecule has 1 heterocycles. The number of benzene rings is 1. The van der Waals surface area contributed by atoms with Crippen LogP contribution in [-0.2, 0) is 18.3 Å². The number of hydrazine groups is 1. The lowest BCUT2D eigenvalue weighted by atomic mass is 10.1. The smallest absolute Gasteiger partial charge is 0.269 e. The number of tetrazole rings is 1. The largest absolute Gasteiger partial charge is 0.759 e. The molecule has 2 N–H and O–H groups in total. The highest BCUT2D eigenvalue weighted by Crippen LogP contribution is 2.25. The van der Waals surface area contributed by atoms with Crippen LogP contribution >= 0.6 is 11.6 Å². The average molecular weight is 334 g/mol. The van der Waals surface area contributed by atoms with Crippen molar-refractivity contribution in [3.63, 3.8) is 0 Å². The summed E-state index contributed by atoms with van der Waals surface area (Å²) in [5, 5.41) is 10.9. The molecule has 0 radical (unpaired) electrons. The Morgan fingerprint density at radius 2 is 2.24 bits per heavy atom. The predicted molar refractivity (Wildman–Crippen MR) is 68.7 cm³/mol. The summed E-state index contributed by atoms with van der Waals surface area (Å²) in [6, 6.07) is 2.35. The van der Waals surface area contributed by atoms with Crippen LogP contribution < -0.4 is 10.3 Å². The van der Waals surface area contributed by atoms with E-state index >= 15 is 0 Å². The molecule has 1 atom stereocenters. The van der Waals surface area contributed by atoms with Gasteiger partial charge in [-0.25, -0.2) is 4.39 Å². The number of aromatic nitrogens is 4. The zero-order valence-corrected chi connectivity index (χ0v) is 11.9. The SMILES string of the molecule is Cn1nnc(-c2cc(Cl)c(F)c(C(=O)NNS(=O)[O-])c2)n1. The molecule has 9 nitrogen and oxygen atoms in total. The molecular formula is C9H7ClFN6O3S-. The van der Waals surface area contributed by atoms with Gasteiger partial charge in [-0.1, -0.05) is 11.6 Å². The minimum absolute atomic E-state index is 0.133. The number of carbonyl (C=O) groups is 1. The first-order chi connectivity index (χ1) is 9.88. The van der Waals surface area contributed by atoms with Crippen LogP contribution in [0.15, 0.2) is 12.1 Å². The van der Waals surface area contributed by atoms with Gasteiger partial charge in [-0.3, -0.25) is 14.4 Å². The number of amides is 1. The number of nitrogens with zero attached hydrogens (tertiary/aromatic N) is 4. The zero-order valence-electron chi connectivity index (χ0n) is 10.3. The molecule has 0 saturated carbocycles. The van der Waals surface area contributed by atoms with Crippen LogP contribution in [0.2, 0.25) is 5.02 Å². The summed E-state index contributed by atoms with van der Waals surface area (Å²) in [6.45, 7) is 0. The van der Waals surface area contributed by atoms with E-state index in [9.17, 15) is 17.9 Å². The van der Waals surface area contributed by atoms with E-state index < -0.39 is 28.6 Å². The Balaban J connectivity index is 2.39. The van der Waals surface area contributed by atoms with Crippen LogP contribution in [0.4, 0.5) is 4.39 Å². The lowest BCUT2D eigenvalue weighted by Gasteiger charge is -2.10. The third-order valence-electron chi connectivity index (χ3n) is 2.29. The van der Waals surface area contributed by atoms with Crippen LogP contribution in [0, 0.1) is 5.82 Å². The summed E-state index contributed by atoms with van der Waals surface area (Å²) in [4.78, 5) is 14.5. The molecule has 0 spiro atoms. The van der Waals surface area contributed by atoms with E-state index in [0.29, 0.717) is 0 Å². The number of hydrogen-bond acceptors (Lipinski definition) is 6. The molecule has 0 fully saturated rings. The van der Waals surface area contributed by atoms with Crippen molar-refractivity contribution in [2.75, 3.05) is 0 Å². The molecule has 0 aliphatic heterocycles. The van der Waals surface area contributed by atoms with Crippen molar-refractivity contribution < 1.29 is 17.9 Å². The molecule has 21 heavy (non-hydrogen) atoms. The van der Waals surface area contributed by atoms with E-state index in [1.54, 1.807) is 10.3 Å². The van der Waals surface area contributed by atoms with Gasteiger partial charge in [0.2, 0.25) is 5.82 Å². The number of carbonyl (C=O) groups excluding carboxylic acids is 1. The number of nitrogens with one attached hydrogen (secondary N) is 2. The third kappa shape index (κ3) is 3.58. The summed E-state index contributed by atoms with van der Waals surface area (Å²) < 4.78 is 34.4. The van der Waals surface area contributed by atoms with Crippen molar-refractivity contribution in [2.24, 2.45) is 7.05 Å². The molecule has 2 rings (SSSR count). The minimum Gasteiger partial charge on any atom is -0.759 e. The molecule has 0 saturated heterocycles. The van der Waals surface area contributed by atoms with Gasteiger partial charge in [0.15, 0.2) is 5.82 Å². The molecule has 0 bridgehead atoms. The van der Waals surface area contributed by atoms with Crippen LogP contribution in [-0.4, -0.2) is 34.9 Å². The summed E-state index contributed by atoms with van der Waals surface area (Å²) in [5.41, 5.74) is 1.57. The molecule has 0 aliphatic rings. The van der Waals surface area contributed by atoms with Crippen LogP contribution in [0.3, 0.4) is 0 Å². The molecule has 1 aromatic heterocycles. The highest BCUT2D eigenvalue weighted by atomic mass is 35.5. The molecular weight excluding hydrogens is 327 g/mol. The predicted octanol–water partition coefficient (Wildman–Crippen LogP) is -0.302. The van der Waals surface area contributed by atoms with Gasteiger partial charge in [0.1, 0.15) is 0 Å². The van der Waals surface area contributed by atoms with Crippen molar-refractivity contribution >= 4 is 28.8 Å². The van der Waals surface area contributed by atoms with E-state index in [1.807, 2.05) is 0 Å². The molecule has 2 aromatic rings. The fourth-order valence-electron chi connectivity index (χ4n) is 1.44. The summed E-state index contributed by atoms with van der Waals surface area (Å²) in [7, 11) is 1.53. The van der Waals surface area contributed by atoms with E-state index in [-0.39, 0.29) is 16.4 Å². The Bertz CT molecular complexity index is 724. The van der Waals surface area contributed by atoms with Gasteiger partial charge in [0.25, 0.3) is 5.91 Å². The zero-order chi connectivity index (χ0) is 15.6. The normalized spacial score (nSPS) is 12.2. The molecule has 1 aromatic carbocycles. The summed E-state index contributed by atoms with van der Waals surface area (Å²) >= 11 is 2.97. The Kier molecular flexibility index (Phi) is 4.57. The molecule has 12 heteroatoms. The van der Waals surface area contributed by atoms with Crippen molar-refractivity contribution in [1.82, 2.24) is 30.5 Å². The van der Waals surface area contributed by atoms with E-state index in [1.165, 1.54) is 17.9 Å². The maximum Gasteiger partial charge on any atom is 0.269 e. The number of hydrogen-bond donors (Lipinski definition) is 2. The van der Waals surface area contributed by atoms with Gasteiger partial charge in [-0.2, -0.15) is 9.63 Å². The van der Waals surface area contributed by atoms with Crippen molar-refractivity contribution in [1.29, 1.82) is 0 Å². The molecule has 1 unspecified atom stereocenters. The fraction of sp³-hybridized carbons (Fsp3) is 0.111. The van der Waals surface area contributed by atoms with Crippen molar-refractivity contribution in [3.05, 3.63) is 28.5 Å². The lowest BCUT2D eigenvalue weighted by molar-refractivity contribution is 0.0940. The van der Waals surface area contributed by atoms with Crippen LogP contribution in [0.5, 0.6) is 0 Å². The van der Waals surface area contributed by atoms with E-state index in [4.69, 9.17) is 11.6 Å². The number of halogens is 2. The van der Waals surface area contributed by atoms with Gasteiger partial charge in [-0.05, 0) is 17.3 Å². The summed E-state index contributed by atoms with van der Waals surface area (Å²) in [5.74, 6) is -1.89. The van der Waals surface area contributed by atoms with E-state index in [0.717, 1.165) is 6.07 Å². The third-order valence-corrected chi connectivity index (χ3v) is 2.83. The Morgan fingerprint density at radius 1 is 1.52 bits per heavy atom. The van der Waals surface area contributed by atoms with Crippen molar-refractivity contribution in [2.45, 2.75) is 0 Å². The van der Waals surface area contributed by atoms with Gasteiger partial charge in [-0.15, -0.1) is 10.2 Å². The maximum absolute atomic E-state index is 13.8. The fourth-order valence-corrected chi connectivity index (χ4v) is 1.83. The lowest BCUT2D eigenvalue weighted by Crippen LogP contribution is -2.38. The Morgan fingerprint density at radius 3 is 2.81 bits per heavy atom. The van der Waals surface area contributed by atoms with Crippen LogP contribution in [0.1, 0.15) is 10.4 Å². The first-order valence-electron chi connectivity index (χ1n) is 5.27. The van der Waals surface area contributed by atoms with Crippen molar-refractivity contribution in [3.8, 4) is 11.4 Å². The second kappa shape index (κ2) is 6.22. The number of rotatable bonds is 4. The molecule has 112 valence electrons. The van der Waals surface area contributed by atoms with Gasteiger partial charge in [0.05, 0.1) is 17.6 Å². The maximum atomic E-state index is 13.8. The highest BCUT2D eigenvalue weighted by Gasteiger charge is 2.18. The highest BCUT2D eigenvalue weighted by molar-refractivity contribution is 7.77. The number of aryl methyl sites for hydroxylation is 1. The monoisotopic (exact) mass is 333 g/mol. The first kappa shape index (κ1) is 15.4.